The molecule has 3 heterocycles. The summed E-state index contributed by atoms with van der Waals surface area (Å²) in [6.45, 7) is 3.80. The molecule has 22 heavy (non-hydrogen) atoms. The number of hydrogen-bond donors (Lipinski definition) is 1. The summed E-state index contributed by atoms with van der Waals surface area (Å²) >= 11 is 0. The summed E-state index contributed by atoms with van der Waals surface area (Å²) in [5.41, 5.74) is 0.951. The second kappa shape index (κ2) is 6.02. The zero-order valence-electron chi connectivity index (χ0n) is 12.4. The fraction of sp³-hybridized carbons (Fsp3) is 0.533. The van der Waals surface area contributed by atoms with Gasteiger partial charge in [-0.3, -0.25) is 4.90 Å². The van der Waals surface area contributed by atoms with E-state index in [0.717, 1.165) is 25.4 Å². The number of ether oxygens (including phenoxy) is 1. The second-order valence-corrected chi connectivity index (χ2v) is 5.85. The lowest BCUT2D eigenvalue weighted by Crippen LogP contribution is -2.45. The maximum atomic E-state index is 5.69. The van der Waals surface area contributed by atoms with Crippen molar-refractivity contribution in [1.29, 1.82) is 0 Å². The Kier molecular flexibility index (Phi) is 3.74. The highest BCUT2D eigenvalue weighted by atomic mass is 16.5. The van der Waals surface area contributed by atoms with Crippen LogP contribution in [0.1, 0.15) is 12.8 Å². The molecule has 7 heteroatoms. The Balaban J connectivity index is 1.53. The normalized spacial score (nSPS) is 25.6. The van der Waals surface area contributed by atoms with Crippen LogP contribution < -0.4 is 5.32 Å². The minimum Gasteiger partial charge on any atom is -0.378 e. The molecule has 2 unspecified atom stereocenters. The molecule has 0 spiro atoms. The van der Waals surface area contributed by atoms with Crippen molar-refractivity contribution in [3.63, 3.8) is 0 Å². The van der Waals surface area contributed by atoms with Crippen molar-refractivity contribution in [1.82, 2.24) is 25.1 Å². The second-order valence-electron chi connectivity index (χ2n) is 5.85. The van der Waals surface area contributed by atoms with Gasteiger partial charge in [0.1, 0.15) is 0 Å². The monoisotopic (exact) mass is 300 g/mol. The SMILES string of the molecule is c1ccc(-n2nnnc2NC2COCC2N2CCCC2)cc1. The molecule has 0 aliphatic carbocycles. The van der Waals surface area contributed by atoms with Crippen LogP contribution >= 0.6 is 0 Å². The van der Waals surface area contributed by atoms with Crippen molar-refractivity contribution in [2.24, 2.45) is 0 Å². The fourth-order valence-electron chi connectivity index (χ4n) is 3.30. The lowest BCUT2D eigenvalue weighted by molar-refractivity contribution is 0.159. The number of nitrogens with one attached hydrogen (secondary N) is 1. The topological polar surface area (TPSA) is 68.1 Å². The molecule has 2 aromatic rings. The number of likely N-dealkylation sites (tertiary alicyclic amines) is 1. The molecule has 2 atom stereocenters. The molecule has 4 rings (SSSR count). The molecule has 0 amide bonds. The zero-order valence-corrected chi connectivity index (χ0v) is 12.4. The molecule has 7 nitrogen and oxygen atoms in total. The molecule has 0 saturated carbocycles. The van der Waals surface area contributed by atoms with Gasteiger partial charge in [0, 0.05) is 0 Å². The predicted octanol–water partition coefficient (Wildman–Crippen LogP) is 0.937. The fourth-order valence-corrected chi connectivity index (χ4v) is 3.30. The third kappa shape index (κ3) is 2.57. The van der Waals surface area contributed by atoms with Crippen LogP contribution in [0.15, 0.2) is 30.3 Å². The van der Waals surface area contributed by atoms with Crippen LogP contribution in [-0.4, -0.2) is 63.5 Å². The van der Waals surface area contributed by atoms with Crippen molar-refractivity contribution in [3.05, 3.63) is 30.3 Å². The Morgan fingerprint density at radius 1 is 1.09 bits per heavy atom. The van der Waals surface area contributed by atoms with E-state index in [2.05, 4.69) is 25.7 Å². The predicted molar refractivity (Wildman–Crippen MR) is 82.0 cm³/mol. The third-order valence-electron chi connectivity index (χ3n) is 4.44. The van der Waals surface area contributed by atoms with E-state index < -0.39 is 0 Å². The smallest absolute Gasteiger partial charge is 0.248 e. The lowest BCUT2D eigenvalue weighted by atomic mass is 10.1. The number of benzene rings is 1. The van der Waals surface area contributed by atoms with E-state index >= 15 is 0 Å². The Hall–Kier alpha value is -1.99. The first-order valence-electron chi connectivity index (χ1n) is 7.84. The van der Waals surface area contributed by atoms with Crippen LogP contribution in [0.3, 0.4) is 0 Å². The van der Waals surface area contributed by atoms with Crippen molar-refractivity contribution in [2.45, 2.75) is 24.9 Å². The summed E-state index contributed by atoms with van der Waals surface area (Å²) in [6.07, 6.45) is 2.57. The van der Waals surface area contributed by atoms with Gasteiger partial charge in [0.15, 0.2) is 0 Å². The average molecular weight is 300 g/mol. The highest BCUT2D eigenvalue weighted by Gasteiger charge is 2.35. The molecule has 1 aromatic carbocycles. The molecule has 2 aliphatic heterocycles. The Bertz CT molecular complexity index is 610. The summed E-state index contributed by atoms with van der Waals surface area (Å²) in [4.78, 5) is 2.52. The summed E-state index contributed by atoms with van der Waals surface area (Å²) in [5, 5.41) is 15.5. The molecule has 0 bridgehead atoms. The van der Waals surface area contributed by atoms with E-state index in [4.69, 9.17) is 4.74 Å². The van der Waals surface area contributed by atoms with E-state index in [9.17, 15) is 0 Å². The van der Waals surface area contributed by atoms with Crippen molar-refractivity contribution in [2.75, 3.05) is 31.6 Å². The van der Waals surface area contributed by atoms with E-state index in [1.165, 1.54) is 12.8 Å². The number of tetrazole rings is 1. The van der Waals surface area contributed by atoms with Gasteiger partial charge in [-0.05, 0) is 48.5 Å². The number of anilines is 1. The first-order valence-corrected chi connectivity index (χ1v) is 7.84. The van der Waals surface area contributed by atoms with Gasteiger partial charge in [-0.25, -0.2) is 0 Å². The molecular weight excluding hydrogens is 280 g/mol. The number of aromatic nitrogens is 4. The summed E-state index contributed by atoms with van der Waals surface area (Å²) in [5.74, 6) is 0.672. The number of rotatable bonds is 4. The van der Waals surface area contributed by atoms with E-state index in [1.54, 1.807) is 4.68 Å². The van der Waals surface area contributed by atoms with Gasteiger partial charge in [0.05, 0.1) is 31.0 Å². The first kappa shape index (κ1) is 13.7. The van der Waals surface area contributed by atoms with Crippen molar-refractivity contribution >= 4 is 5.95 Å². The standard InChI is InChI=1S/C15H20N6O/c1-2-6-12(7-3-1)21-15(17-18-19-21)16-13-10-22-11-14(13)20-8-4-5-9-20/h1-3,6-7,13-14H,4-5,8-11H2,(H,16,17,19). The highest BCUT2D eigenvalue weighted by Crippen LogP contribution is 2.22. The minimum atomic E-state index is 0.228. The Morgan fingerprint density at radius 2 is 1.91 bits per heavy atom. The molecule has 1 aromatic heterocycles. The minimum absolute atomic E-state index is 0.228. The number of para-hydroxylation sites is 1. The van der Waals surface area contributed by atoms with Crippen LogP contribution in [0.2, 0.25) is 0 Å². The Morgan fingerprint density at radius 3 is 2.73 bits per heavy atom. The molecule has 0 radical (unpaired) electrons. The van der Waals surface area contributed by atoms with Crippen LogP contribution in [0, 0.1) is 0 Å². The third-order valence-corrected chi connectivity index (χ3v) is 4.44. The molecule has 2 fully saturated rings. The van der Waals surface area contributed by atoms with Crippen molar-refractivity contribution < 1.29 is 4.74 Å². The molecule has 2 saturated heterocycles. The maximum Gasteiger partial charge on any atom is 0.248 e. The maximum absolute atomic E-state index is 5.69. The van der Waals surface area contributed by atoms with Gasteiger partial charge < -0.3 is 10.1 Å². The number of hydrogen-bond acceptors (Lipinski definition) is 6. The van der Waals surface area contributed by atoms with Gasteiger partial charge in [-0.15, -0.1) is 0 Å². The van der Waals surface area contributed by atoms with Crippen LogP contribution in [0.25, 0.3) is 5.69 Å². The van der Waals surface area contributed by atoms with Gasteiger partial charge in [-0.2, -0.15) is 4.68 Å². The van der Waals surface area contributed by atoms with Gasteiger partial charge in [-0.1, -0.05) is 23.3 Å². The van der Waals surface area contributed by atoms with Crippen LogP contribution in [-0.2, 0) is 4.74 Å². The molecular formula is C15H20N6O. The zero-order chi connectivity index (χ0) is 14.8. The largest absolute Gasteiger partial charge is 0.378 e. The van der Waals surface area contributed by atoms with E-state index in [1.807, 2.05) is 30.3 Å². The lowest BCUT2D eigenvalue weighted by Gasteiger charge is -2.27. The molecule has 2 aliphatic rings. The highest BCUT2D eigenvalue weighted by molar-refractivity contribution is 5.39. The quantitative estimate of drug-likeness (QED) is 0.906. The first-order chi connectivity index (χ1) is 10.9. The summed E-state index contributed by atoms with van der Waals surface area (Å²) in [6, 6.07) is 10.6. The Labute approximate surface area is 129 Å². The molecule has 1 N–H and O–H groups in total. The van der Waals surface area contributed by atoms with Gasteiger partial charge in [0.25, 0.3) is 0 Å². The van der Waals surface area contributed by atoms with Crippen LogP contribution in [0.5, 0.6) is 0 Å². The van der Waals surface area contributed by atoms with Crippen LogP contribution in [0.4, 0.5) is 5.95 Å². The van der Waals surface area contributed by atoms with E-state index in [0.29, 0.717) is 18.6 Å². The van der Waals surface area contributed by atoms with E-state index in [-0.39, 0.29) is 6.04 Å². The average Bonchev–Trinajstić information content (AvgIpc) is 3.30. The van der Waals surface area contributed by atoms with Gasteiger partial charge >= 0.3 is 0 Å². The van der Waals surface area contributed by atoms with Gasteiger partial charge in [0.2, 0.25) is 5.95 Å². The summed E-state index contributed by atoms with van der Waals surface area (Å²) < 4.78 is 7.43. The summed E-state index contributed by atoms with van der Waals surface area (Å²) in [7, 11) is 0. The van der Waals surface area contributed by atoms with Crippen molar-refractivity contribution in [3.8, 4) is 5.69 Å². The molecule has 116 valence electrons. The number of nitrogens with zero attached hydrogens (tertiary/aromatic N) is 5.